The van der Waals surface area contributed by atoms with Gasteiger partial charge in [0.2, 0.25) is 0 Å². The van der Waals surface area contributed by atoms with Gasteiger partial charge in [0, 0.05) is 20.3 Å². The first-order valence-corrected chi connectivity index (χ1v) is 5.61. The van der Waals surface area contributed by atoms with Crippen LogP contribution in [0.2, 0.25) is 0 Å². The molecule has 2 rings (SSSR count). The number of aromatic nitrogens is 2. The molecule has 5 heteroatoms. The summed E-state index contributed by atoms with van der Waals surface area (Å²) in [6.45, 7) is 0. The Hall–Kier alpha value is -2.30. The van der Waals surface area contributed by atoms with Crippen LogP contribution in [0.4, 0.5) is 11.5 Å². The van der Waals surface area contributed by atoms with Gasteiger partial charge in [0.1, 0.15) is 0 Å². The molecular formula is C13H16N4O. The molecule has 94 valence electrons. The van der Waals surface area contributed by atoms with Crippen molar-refractivity contribution in [3.05, 3.63) is 35.9 Å². The lowest BCUT2D eigenvalue weighted by Gasteiger charge is -2.09. The number of hydrogen-bond acceptors (Lipinski definition) is 4. The van der Waals surface area contributed by atoms with Gasteiger partial charge in [-0.15, -0.1) is 5.10 Å². The molecule has 1 aromatic heterocycles. The maximum absolute atomic E-state index is 5.18. The van der Waals surface area contributed by atoms with E-state index in [4.69, 9.17) is 4.74 Å². The monoisotopic (exact) mass is 244 g/mol. The van der Waals surface area contributed by atoms with Gasteiger partial charge in [-0.1, -0.05) is 30.3 Å². The van der Waals surface area contributed by atoms with Crippen molar-refractivity contribution in [3.63, 3.8) is 0 Å². The van der Waals surface area contributed by atoms with Crippen LogP contribution in [0.25, 0.3) is 0 Å². The molecule has 5 nitrogen and oxygen atoms in total. The molecule has 0 aliphatic rings. The number of benzene rings is 1. The molecule has 0 atom stereocenters. The van der Waals surface area contributed by atoms with Crippen molar-refractivity contribution in [2.45, 2.75) is 0 Å². The van der Waals surface area contributed by atoms with Gasteiger partial charge in [0.15, 0.2) is 11.5 Å². The quantitative estimate of drug-likeness (QED) is 0.839. The normalized spacial score (nSPS) is 10.8. The lowest BCUT2D eigenvalue weighted by molar-refractivity contribution is 0.398. The molecule has 2 aromatic rings. The second-order valence-electron chi connectivity index (χ2n) is 3.99. The van der Waals surface area contributed by atoms with Gasteiger partial charge in [-0.2, -0.15) is 0 Å². The summed E-state index contributed by atoms with van der Waals surface area (Å²) >= 11 is 0. The molecule has 0 saturated carbocycles. The Morgan fingerprint density at radius 1 is 1.28 bits per heavy atom. The highest BCUT2D eigenvalue weighted by molar-refractivity contribution is 5.84. The molecule has 0 amide bonds. The molecule has 0 saturated heterocycles. The van der Waals surface area contributed by atoms with Crippen molar-refractivity contribution in [1.29, 1.82) is 0 Å². The van der Waals surface area contributed by atoms with Crippen LogP contribution in [0.3, 0.4) is 0 Å². The minimum absolute atomic E-state index is 0.492. The maximum Gasteiger partial charge on any atom is 0.260 e. The summed E-state index contributed by atoms with van der Waals surface area (Å²) in [5.41, 5.74) is 1.73. The van der Waals surface area contributed by atoms with Crippen LogP contribution >= 0.6 is 0 Å². The van der Waals surface area contributed by atoms with Gasteiger partial charge in [0.25, 0.3) is 5.88 Å². The molecule has 1 N–H and O–H groups in total. The van der Waals surface area contributed by atoms with Gasteiger partial charge < -0.3 is 9.64 Å². The van der Waals surface area contributed by atoms with Gasteiger partial charge in [-0.3, -0.25) is 5.10 Å². The van der Waals surface area contributed by atoms with Gasteiger partial charge >= 0.3 is 0 Å². The van der Waals surface area contributed by atoms with Crippen molar-refractivity contribution < 1.29 is 4.74 Å². The average Bonchev–Trinajstić information content (AvgIpc) is 2.80. The number of rotatable bonds is 4. The third-order valence-electron chi connectivity index (χ3n) is 2.47. The number of ether oxygens (including phenoxy) is 1. The fraction of sp³-hybridized carbons (Fsp3) is 0.231. The molecule has 18 heavy (non-hydrogen) atoms. The predicted octanol–water partition coefficient (Wildman–Crippen LogP) is 2.23. The van der Waals surface area contributed by atoms with E-state index in [0.29, 0.717) is 11.6 Å². The Balaban J connectivity index is 2.33. The number of anilines is 1. The highest BCUT2D eigenvalue weighted by atomic mass is 16.5. The summed E-state index contributed by atoms with van der Waals surface area (Å²) in [6.07, 6.45) is 1.79. The topological polar surface area (TPSA) is 53.5 Å². The highest BCUT2D eigenvalue weighted by Crippen LogP contribution is 2.34. The summed E-state index contributed by atoms with van der Waals surface area (Å²) in [5.74, 6) is 1.31. The Labute approximate surface area is 106 Å². The number of hydrogen-bond donors (Lipinski definition) is 1. The molecule has 0 bridgehead atoms. The maximum atomic E-state index is 5.18. The van der Waals surface area contributed by atoms with Crippen molar-refractivity contribution in [1.82, 2.24) is 10.2 Å². The highest BCUT2D eigenvalue weighted by Gasteiger charge is 2.13. The predicted molar refractivity (Wildman–Crippen MR) is 73.2 cm³/mol. The van der Waals surface area contributed by atoms with Crippen molar-refractivity contribution in [2.24, 2.45) is 4.99 Å². The van der Waals surface area contributed by atoms with Crippen LogP contribution in [0.1, 0.15) is 5.56 Å². The second-order valence-corrected chi connectivity index (χ2v) is 3.99. The van der Waals surface area contributed by atoms with E-state index in [2.05, 4.69) is 15.2 Å². The van der Waals surface area contributed by atoms with E-state index in [0.717, 1.165) is 11.4 Å². The lowest BCUT2D eigenvalue weighted by atomic mass is 10.2. The summed E-state index contributed by atoms with van der Waals surface area (Å²) in [7, 11) is 5.43. The molecule has 0 unspecified atom stereocenters. The van der Waals surface area contributed by atoms with Crippen molar-refractivity contribution >= 4 is 17.7 Å². The van der Waals surface area contributed by atoms with Crippen LogP contribution in [0.15, 0.2) is 35.3 Å². The van der Waals surface area contributed by atoms with E-state index in [9.17, 15) is 0 Å². The van der Waals surface area contributed by atoms with E-state index >= 15 is 0 Å². The van der Waals surface area contributed by atoms with Crippen LogP contribution in [0.5, 0.6) is 5.88 Å². The van der Waals surface area contributed by atoms with E-state index in [1.807, 2.05) is 49.3 Å². The molecule has 1 aromatic carbocycles. The first-order valence-electron chi connectivity index (χ1n) is 5.61. The van der Waals surface area contributed by atoms with Crippen LogP contribution in [-0.4, -0.2) is 37.6 Å². The number of H-pyrrole nitrogens is 1. The third kappa shape index (κ3) is 2.51. The molecule has 0 aliphatic heterocycles. The molecule has 0 aliphatic carbocycles. The zero-order valence-corrected chi connectivity index (χ0v) is 10.7. The third-order valence-corrected chi connectivity index (χ3v) is 2.47. The fourth-order valence-corrected chi connectivity index (χ4v) is 1.56. The summed E-state index contributed by atoms with van der Waals surface area (Å²) in [6, 6.07) is 9.90. The minimum atomic E-state index is 0.492. The first-order chi connectivity index (χ1) is 8.72. The average molecular weight is 244 g/mol. The SMILES string of the molecule is COc1n[nH]c(N(C)C)c1N=Cc1ccccc1. The number of nitrogens with zero attached hydrogens (tertiary/aromatic N) is 3. The Kier molecular flexibility index (Phi) is 3.62. The number of nitrogens with one attached hydrogen (secondary N) is 1. The van der Waals surface area contributed by atoms with Gasteiger partial charge in [-0.05, 0) is 5.56 Å². The smallest absolute Gasteiger partial charge is 0.260 e. The number of aromatic amines is 1. The van der Waals surface area contributed by atoms with Crippen LogP contribution in [-0.2, 0) is 0 Å². The minimum Gasteiger partial charge on any atom is -0.478 e. The van der Waals surface area contributed by atoms with E-state index in [-0.39, 0.29) is 0 Å². The zero-order chi connectivity index (χ0) is 13.0. The van der Waals surface area contributed by atoms with E-state index < -0.39 is 0 Å². The number of methoxy groups -OCH3 is 1. The Bertz CT molecular complexity index is 531. The molecule has 0 fully saturated rings. The fourth-order valence-electron chi connectivity index (χ4n) is 1.56. The summed E-state index contributed by atoms with van der Waals surface area (Å²) in [4.78, 5) is 6.35. The largest absolute Gasteiger partial charge is 0.478 e. The molecular weight excluding hydrogens is 228 g/mol. The number of aliphatic imine (C=N–C) groups is 1. The summed E-state index contributed by atoms with van der Waals surface area (Å²) in [5, 5.41) is 6.96. The second kappa shape index (κ2) is 5.35. The molecule has 1 heterocycles. The van der Waals surface area contributed by atoms with Crippen LogP contribution < -0.4 is 9.64 Å². The standard InChI is InChI=1S/C13H16N4O/c1-17(2)12-11(13(18-3)16-15-12)14-9-10-7-5-4-6-8-10/h4-9H,1-3H3,(H,15,16). The van der Waals surface area contributed by atoms with Gasteiger partial charge in [0.05, 0.1) is 7.11 Å². The summed E-state index contributed by atoms with van der Waals surface area (Å²) < 4.78 is 5.18. The molecule has 0 spiro atoms. The zero-order valence-electron chi connectivity index (χ0n) is 10.7. The van der Waals surface area contributed by atoms with Crippen LogP contribution in [0, 0.1) is 0 Å². The molecule has 0 radical (unpaired) electrons. The Morgan fingerprint density at radius 2 is 2.00 bits per heavy atom. The lowest BCUT2D eigenvalue weighted by Crippen LogP contribution is -2.09. The Morgan fingerprint density at radius 3 is 2.61 bits per heavy atom. The van der Waals surface area contributed by atoms with Gasteiger partial charge in [-0.25, -0.2) is 4.99 Å². The van der Waals surface area contributed by atoms with E-state index in [1.165, 1.54) is 0 Å². The van der Waals surface area contributed by atoms with E-state index in [1.54, 1.807) is 13.3 Å². The van der Waals surface area contributed by atoms with Crippen molar-refractivity contribution in [3.8, 4) is 5.88 Å². The van der Waals surface area contributed by atoms with Crippen molar-refractivity contribution in [2.75, 3.05) is 26.1 Å². The first kappa shape index (κ1) is 12.2.